The molecule has 0 radical (unpaired) electrons. The highest BCUT2D eigenvalue weighted by Gasteiger charge is 2.14. The highest BCUT2D eigenvalue weighted by molar-refractivity contribution is 7.74. The van der Waals surface area contributed by atoms with Crippen LogP contribution in [0, 0.1) is 0 Å². The number of aromatic nitrogens is 1. The van der Waals surface area contributed by atoms with Crippen LogP contribution >= 0.6 is 0 Å². The lowest BCUT2D eigenvalue weighted by Crippen LogP contribution is -2.15. The third kappa shape index (κ3) is 3.46. The van der Waals surface area contributed by atoms with Crippen LogP contribution in [0.15, 0.2) is 30.5 Å². The lowest BCUT2D eigenvalue weighted by Gasteiger charge is -2.12. The largest absolute Gasteiger partial charge is 0.320 e. The molecule has 1 heterocycles. The molecule has 0 saturated carbocycles. The summed E-state index contributed by atoms with van der Waals surface area (Å²) in [5.74, 6) is 0. The predicted molar refractivity (Wildman–Crippen MR) is 80.8 cm³/mol. The molecule has 2 atom stereocenters. The van der Waals surface area contributed by atoms with Gasteiger partial charge in [-0.2, -0.15) is 4.21 Å². The maximum atomic E-state index is 10.8. The quantitative estimate of drug-likeness (QED) is 0.832. The molecule has 20 heavy (non-hydrogen) atoms. The number of hydrogen-bond acceptors (Lipinski definition) is 3. The van der Waals surface area contributed by atoms with Gasteiger partial charge in [0.05, 0.1) is 5.52 Å². The summed E-state index contributed by atoms with van der Waals surface area (Å²) in [4.78, 5) is 2.13. The summed E-state index contributed by atoms with van der Waals surface area (Å²) in [5.41, 5.74) is 2.23. The first-order valence-corrected chi connectivity index (χ1v) is 7.53. The normalized spacial score (nSPS) is 14.8. The first kappa shape index (κ1) is 15.2. The van der Waals surface area contributed by atoms with Crippen molar-refractivity contribution in [2.45, 2.75) is 19.6 Å². The summed E-state index contributed by atoms with van der Waals surface area (Å²) in [5, 5.41) is 1.16. The maximum Gasteiger partial charge on any atom is 0.303 e. The second kappa shape index (κ2) is 6.49. The fourth-order valence-corrected chi connectivity index (χ4v) is 2.62. The number of rotatable bonds is 6. The van der Waals surface area contributed by atoms with E-state index in [0.29, 0.717) is 0 Å². The minimum atomic E-state index is -2.27. The smallest absolute Gasteiger partial charge is 0.303 e. The molecule has 0 fully saturated rings. The van der Waals surface area contributed by atoms with Gasteiger partial charge >= 0.3 is 11.4 Å². The van der Waals surface area contributed by atoms with Crippen LogP contribution in [0.1, 0.15) is 18.7 Å². The zero-order chi connectivity index (χ0) is 14.7. The van der Waals surface area contributed by atoms with E-state index in [1.54, 1.807) is 6.92 Å². The van der Waals surface area contributed by atoms with Gasteiger partial charge in [-0.3, -0.25) is 4.55 Å². The lowest BCUT2D eigenvalue weighted by atomic mass is 10.1. The van der Waals surface area contributed by atoms with E-state index in [2.05, 4.69) is 11.0 Å². The molecule has 0 aliphatic rings. The topological polar surface area (TPSA) is 54.7 Å². The molecule has 110 valence electrons. The Kier molecular flexibility index (Phi) is 4.93. The molecule has 1 aromatic heterocycles. The van der Waals surface area contributed by atoms with Crippen molar-refractivity contribution in [3.05, 3.63) is 36.0 Å². The maximum absolute atomic E-state index is 10.8. The van der Waals surface area contributed by atoms with Crippen molar-refractivity contribution < 1.29 is 12.9 Å². The second-order valence-electron chi connectivity index (χ2n) is 5.04. The molecule has 0 aliphatic heterocycles. The van der Waals surface area contributed by atoms with Gasteiger partial charge in [0.15, 0.2) is 0 Å². The van der Waals surface area contributed by atoms with Gasteiger partial charge in [-0.25, -0.2) is 4.18 Å². The SMILES string of the molecule is CC(OS(=O)O)n1cc(CCN(C)C)c2ccccc21. The van der Waals surface area contributed by atoms with Crippen molar-refractivity contribution >= 4 is 22.3 Å². The molecule has 2 aromatic rings. The Morgan fingerprint density at radius 1 is 1.40 bits per heavy atom. The predicted octanol–water partition coefficient (Wildman–Crippen LogP) is 2.42. The van der Waals surface area contributed by atoms with Gasteiger partial charge in [-0.05, 0) is 39.1 Å². The number of fused-ring (bicyclic) bond motifs is 1. The van der Waals surface area contributed by atoms with Crippen LogP contribution in [0.3, 0.4) is 0 Å². The first-order valence-electron chi connectivity index (χ1n) is 6.50. The summed E-state index contributed by atoms with van der Waals surface area (Å²) in [6.45, 7) is 2.71. The van der Waals surface area contributed by atoms with Crippen LogP contribution < -0.4 is 0 Å². The standard InChI is InChI=1S/C14H20N2O3S/c1-11(19-20(17)18)16-10-12(8-9-15(2)3)13-6-4-5-7-14(13)16/h4-7,10-11H,8-9H2,1-3H3,(H,17,18). The molecule has 0 aliphatic carbocycles. The Labute approximate surface area is 121 Å². The van der Waals surface area contributed by atoms with Crippen LogP contribution in [0.2, 0.25) is 0 Å². The Morgan fingerprint density at radius 2 is 2.10 bits per heavy atom. The van der Waals surface area contributed by atoms with Crippen LogP contribution in [0.25, 0.3) is 10.9 Å². The van der Waals surface area contributed by atoms with E-state index in [4.69, 9.17) is 8.74 Å². The number of benzene rings is 1. The fourth-order valence-electron chi connectivity index (χ4n) is 2.29. The molecule has 2 unspecified atom stereocenters. The van der Waals surface area contributed by atoms with Crippen LogP contribution in [0.5, 0.6) is 0 Å². The number of hydrogen-bond donors (Lipinski definition) is 1. The molecule has 0 spiro atoms. The van der Waals surface area contributed by atoms with E-state index in [0.717, 1.165) is 23.9 Å². The highest BCUT2D eigenvalue weighted by Crippen LogP contribution is 2.26. The number of nitrogens with zero attached hydrogens (tertiary/aromatic N) is 2. The minimum absolute atomic E-state index is 0.487. The van der Waals surface area contributed by atoms with Gasteiger partial charge in [0.1, 0.15) is 6.23 Å². The summed E-state index contributed by atoms with van der Waals surface area (Å²) < 4.78 is 26.5. The molecular weight excluding hydrogens is 276 g/mol. The van der Waals surface area contributed by atoms with Crippen LogP contribution in [0.4, 0.5) is 0 Å². The van der Waals surface area contributed by atoms with E-state index in [1.807, 2.05) is 43.1 Å². The van der Waals surface area contributed by atoms with Gasteiger partial charge in [0.2, 0.25) is 0 Å². The van der Waals surface area contributed by atoms with Crippen molar-refractivity contribution in [3.63, 3.8) is 0 Å². The van der Waals surface area contributed by atoms with Gasteiger partial charge in [0, 0.05) is 18.1 Å². The summed E-state index contributed by atoms with van der Waals surface area (Å²) in [6, 6.07) is 8.02. The van der Waals surface area contributed by atoms with Gasteiger partial charge in [-0.1, -0.05) is 18.2 Å². The fraction of sp³-hybridized carbons (Fsp3) is 0.429. The third-order valence-corrected chi connectivity index (χ3v) is 3.71. The zero-order valence-electron chi connectivity index (χ0n) is 11.9. The first-order chi connectivity index (χ1) is 9.49. The van der Waals surface area contributed by atoms with E-state index in [9.17, 15) is 4.21 Å². The van der Waals surface area contributed by atoms with Crippen molar-refractivity contribution in [1.29, 1.82) is 0 Å². The van der Waals surface area contributed by atoms with Gasteiger partial charge < -0.3 is 9.47 Å². The molecule has 2 rings (SSSR count). The van der Waals surface area contributed by atoms with Gasteiger partial charge in [0.25, 0.3) is 0 Å². The van der Waals surface area contributed by atoms with Crippen molar-refractivity contribution in [2.75, 3.05) is 20.6 Å². The van der Waals surface area contributed by atoms with Crippen LogP contribution in [-0.2, 0) is 22.0 Å². The summed E-state index contributed by atoms with van der Waals surface area (Å²) in [7, 11) is 4.08. The van der Waals surface area contributed by atoms with Gasteiger partial charge in [-0.15, -0.1) is 0 Å². The monoisotopic (exact) mass is 296 g/mol. The molecule has 0 bridgehead atoms. The molecule has 1 N–H and O–H groups in total. The summed E-state index contributed by atoms with van der Waals surface area (Å²) >= 11 is -2.27. The van der Waals surface area contributed by atoms with E-state index in [-0.39, 0.29) is 0 Å². The zero-order valence-corrected chi connectivity index (χ0v) is 12.8. The molecule has 5 nitrogen and oxygen atoms in total. The third-order valence-electron chi connectivity index (χ3n) is 3.26. The van der Waals surface area contributed by atoms with Crippen molar-refractivity contribution in [2.24, 2.45) is 0 Å². The average Bonchev–Trinajstić information content (AvgIpc) is 2.74. The second-order valence-corrected chi connectivity index (χ2v) is 5.67. The molecular formula is C14H20N2O3S. The summed E-state index contributed by atoms with van der Waals surface area (Å²) in [6.07, 6.45) is 2.44. The van der Waals surface area contributed by atoms with Crippen molar-refractivity contribution in [1.82, 2.24) is 9.47 Å². The van der Waals surface area contributed by atoms with Crippen LogP contribution in [-0.4, -0.2) is 38.9 Å². The number of likely N-dealkylation sites (N-methyl/N-ethyl adjacent to an activating group) is 1. The number of para-hydroxylation sites is 1. The Morgan fingerprint density at radius 3 is 2.75 bits per heavy atom. The molecule has 0 saturated heterocycles. The lowest BCUT2D eigenvalue weighted by molar-refractivity contribution is 0.161. The van der Waals surface area contributed by atoms with Crippen molar-refractivity contribution in [3.8, 4) is 0 Å². The minimum Gasteiger partial charge on any atom is -0.320 e. The Balaban J connectivity index is 2.37. The average molecular weight is 296 g/mol. The molecule has 1 aromatic carbocycles. The Hall–Kier alpha value is -1.21. The molecule has 0 amide bonds. The van der Waals surface area contributed by atoms with E-state index >= 15 is 0 Å². The van der Waals surface area contributed by atoms with E-state index < -0.39 is 17.6 Å². The highest BCUT2D eigenvalue weighted by atomic mass is 32.2. The molecule has 6 heteroatoms. The Bertz CT molecular complexity index is 609. The van der Waals surface area contributed by atoms with E-state index in [1.165, 1.54) is 5.56 Å².